The molecule has 2 aromatic carbocycles. The molecule has 2 N–H and O–H groups in total. The summed E-state index contributed by atoms with van der Waals surface area (Å²) in [5, 5.41) is 6.68. The van der Waals surface area contributed by atoms with Gasteiger partial charge in [-0.15, -0.1) is 0 Å². The van der Waals surface area contributed by atoms with E-state index in [1.54, 1.807) is 24.4 Å². The normalized spacial score (nSPS) is 10.2. The van der Waals surface area contributed by atoms with E-state index in [0.717, 1.165) is 16.9 Å². The molecule has 0 saturated heterocycles. The van der Waals surface area contributed by atoms with Crippen LogP contribution in [0.4, 0.5) is 17.2 Å². The Morgan fingerprint density at radius 3 is 2.33 bits per heavy atom. The molecule has 5 heteroatoms. The Morgan fingerprint density at radius 1 is 0.917 bits per heavy atom. The van der Waals surface area contributed by atoms with Gasteiger partial charge >= 0.3 is 0 Å². The predicted octanol–water partition coefficient (Wildman–Crippen LogP) is 4.66. The molecule has 1 amide bonds. The maximum Gasteiger partial charge on any atom is 0.229 e. The third-order valence-electron chi connectivity index (χ3n) is 3.37. The van der Waals surface area contributed by atoms with E-state index in [1.165, 1.54) is 0 Å². The predicted molar refractivity (Wildman–Crippen MR) is 97.7 cm³/mol. The Balaban J connectivity index is 1.57. The van der Waals surface area contributed by atoms with Crippen molar-refractivity contribution in [3.8, 4) is 0 Å². The molecule has 0 atom stereocenters. The minimum absolute atomic E-state index is 0.117. The van der Waals surface area contributed by atoms with Crippen LogP contribution in [0.2, 0.25) is 5.02 Å². The maximum atomic E-state index is 12.0. The number of carbonyl (C=O) groups excluding carboxylic acids is 1. The fourth-order valence-corrected chi connectivity index (χ4v) is 2.33. The van der Waals surface area contributed by atoms with Gasteiger partial charge in [0.1, 0.15) is 5.82 Å². The highest BCUT2D eigenvalue weighted by molar-refractivity contribution is 6.30. The number of hydrogen-bond donors (Lipinski definition) is 2. The average molecular weight is 338 g/mol. The quantitative estimate of drug-likeness (QED) is 0.712. The number of halogens is 1. The Bertz CT molecular complexity index is 802. The molecule has 3 rings (SSSR count). The average Bonchev–Trinajstić information content (AvgIpc) is 2.60. The zero-order valence-electron chi connectivity index (χ0n) is 12.9. The van der Waals surface area contributed by atoms with Gasteiger partial charge in [0.05, 0.1) is 18.3 Å². The standard InChI is InChI=1S/C19H16ClN3O/c20-15-8-6-14(7-9-15)12-19(24)23-18-11-10-17(13-21-18)22-16-4-2-1-3-5-16/h1-11,13,22H,12H2,(H,21,23,24). The van der Waals surface area contributed by atoms with Crippen LogP contribution in [0.25, 0.3) is 0 Å². The van der Waals surface area contributed by atoms with Crippen LogP contribution in [0.1, 0.15) is 5.56 Å². The van der Waals surface area contributed by atoms with E-state index in [4.69, 9.17) is 11.6 Å². The summed E-state index contributed by atoms with van der Waals surface area (Å²) in [6.07, 6.45) is 1.97. The summed E-state index contributed by atoms with van der Waals surface area (Å²) < 4.78 is 0. The third-order valence-corrected chi connectivity index (χ3v) is 3.62. The molecule has 0 radical (unpaired) electrons. The van der Waals surface area contributed by atoms with E-state index >= 15 is 0 Å². The smallest absolute Gasteiger partial charge is 0.229 e. The van der Waals surface area contributed by atoms with Crippen LogP contribution in [0.3, 0.4) is 0 Å². The van der Waals surface area contributed by atoms with Crippen LogP contribution in [-0.4, -0.2) is 10.9 Å². The Morgan fingerprint density at radius 2 is 1.67 bits per heavy atom. The highest BCUT2D eigenvalue weighted by Crippen LogP contribution is 2.16. The number of carbonyl (C=O) groups is 1. The summed E-state index contributed by atoms with van der Waals surface area (Å²) >= 11 is 5.83. The number of pyridine rings is 1. The second kappa shape index (κ2) is 7.62. The maximum absolute atomic E-state index is 12.0. The molecule has 0 aliphatic carbocycles. The molecule has 3 aromatic rings. The van der Waals surface area contributed by atoms with Gasteiger partial charge in [0.25, 0.3) is 0 Å². The number of rotatable bonds is 5. The second-order valence-corrected chi connectivity index (χ2v) is 5.71. The van der Waals surface area contributed by atoms with Crippen LogP contribution in [0, 0.1) is 0 Å². The summed E-state index contributed by atoms with van der Waals surface area (Å²) in [7, 11) is 0. The van der Waals surface area contributed by atoms with Gasteiger partial charge in [-0.3, -0.25) is 4.79 Å². The van der Waals surface area contributed by atoms with E-state index in [0.29, 0.717) is 10.8 Å². The first kappa shape index (κ1) is 16.0. The third kappa shape index (κ3) is 4.57. The first-order valence-corrected chi connectivity index (χ1v) is 7.89. The molecular weight excluding hydrogens is 322 g/mol. The van der Waals surface area contributed by atoms with Crippen molar-refractivity contribution in [2.24, 2.45) is 0 Å². The highest BCUT2D eigenvalue weighted by Gasteiger charge is 2.05. The zero-order chi connectivity index (χ0) is 16.8. The molecule has 1 aromatic heterocycles. The van der Waals surface area contributed by atoms with Gasteiger partial charge in [0.2, 0.25) is 5.91 Å². The lowest BCUT2D eigenvalue weighted by Crippen LogP contribution is -2.15. The van der Waals surface area contributed by atoms with Gasteiger partial charge in [-0.1, -0.05) is 41.9 Å². The monoisotopic (exact) mass is 337 g/mol. The summed E-state index contributed by atoms with van der Waals surface area (Å²) in [4.78, 5) is 16.3. The molecule has 0 fully saturated rings. The van der Waals surface area contributed by atoms with Crippen LogP contribution < -0.4 is 10.6 Å². The molecule has 0 bridgehead atoms. The van der Waals surface area contributed by atoms with E-state index in [-0.39, 0.29) is 12.3 Å². The number of aromatic nitrogens is 1. The number of anilines is 3. The molecule has 120 valence electrons. The van der Waals surface area contributed by atoms with E-state index in [2.05, 4.69) is 15.6 Å². The molecule has 0 spiro atoms. The minimum Gasteiger partial charge on any atom is -0.354 e. The minimum atomic E-state index is -0.117. The molecule has 4 nitrogen and oxygen atoms in total. The van der Waals surface area contributed by atoms with Crippen LogP contribution in [0.15, 0.2) is 72.9 Å². The van der Waals surface area contributed by atoms with Gasteiger partial charge in [0.15, 0.2) is 0 Å². The first-order chi connectivity index (χ1) is 11.7. The number of benzene rings is 2. The van der Waals surface area contributed by atoms with E-state index < -0.39 is 0 Å². The van der Waals surface area contributed by atoms with Crippen LogP contribution >= 0.6 is 11.6 Å². The number of amides is 1. The van der Waals surface area contributed by atoms with Gasteiger partial charge in [0, 0.05) is 10.7 Å². The van der Waals surface area contributed by atoms with Crippen molar-refractivity contribution in [2.45, 2.75) is 6.42 Å². The fraction of sp³-hybridized carbons (Fsp3) is 0.0526. The highest BCUT2D eigenvalue weighted by atomic mass is 35.5. The molecule has 0 unspecified atom stereocenters. The van der Waals surface area contributed by atoms with Gasteiger partial charge in [-0.2, -0.15) is 0 Å². The molecular formula is C19H16ClN3O. The van der Waals surface area contributed by atoms with Crippen molar-refractivity contribution in [1.29, 1.82) is 0 Å². The molecule has 24 heavy (non-hydrogen) atoms. The van der Waals surface area contributed by atoms with Gasteiger partial charge < -0.3 is 10.6 Å². The van der Waals surface area contributed by atoms with Gasteiger partial charge in [-0.05, 0) is 42.0 Å². The SMILES string of the molecule is O=C(Cc1ccc(Cl)cc1)Nc1ccc(Nc2ccccc2)cn1. The van der Waals surface area contributed by atoms with E-state index in [9.17, 15) is 4.79 Å². The summed E-state index contributed by atoms with van der Waals surface area (Å²) in [5.74, 6) is 0.404. The van der Waals surface area contributed by atoms with Crippen LogP contribution in [0.5, 0.6) is 0 Å². The summed E-state index contributed by atoms with van der Waals surface area (Å²) in [5.41, 5.74) is 2.75. The molecule has 0 saturated carbocycles. The topological polar surface area (TPSA) is 54.0 Å². The molecule has 0 aliphatic heterocycles. The van der Waals surface area contributed by atoms with Crippen molar-refractivity contribution in [3.05, 3.63) is 83.5 Å². The zero-order valence-corrected chi connectivity index (χ0v) is 13.6. The fourth-order valence-electron chi connectivity index (χ4n) is 2.20. The lowest BCUT2D eigenvalue weighted by Gasteiger charge is -2.08. The Kier molecular flexibility index (Phi) is 5.08. The van der Waals surface area contributed by atoms with E-state index in [1.807, 2.05) is 48.5 Å². The van der Waals surface area contributed by atoms with Crippen molar-refractivity contribution in [2.75, 3.05) is 10.6 Å². The summed E-state index contributed by atoms with van der Waals surface area (Å²) in [6, 6.07) is 20.7. The van der Waals surface area contributed by atoms with Crippen molar-refractivity contribution in [3.63, 3.8) is 0 Å². The second-order valence-electron chi connectivity index (χ2n) is 5.27. The number of hydrogen-bond acceptors (Lipinski definition) is 3. The Labute approximate surface area is 145 Å². The van der Waals surface area contributed by atoms with Crippen LogP contribution in [-0.2, 0) is 11.2 Å². The van der Waals surface area contributed by atoms with Gasteiger partial charge in [-0.25, -0.2) is 4.98 Å². The lowest BCUT2D eigenvalue weighted by atomic mass is 10.1. The van der Waals surface area contributed by atoms with Crippen molar-refractivity contribution >= 4 is 34.7 Å². The van der Waals surface area contributed by atoms with Crippen molar-refractivity contribution < 1.29 is 4.79 Å². The number of nitrogens with one attached hydrogen (secondary N) is 2. The van der Waals surface area contributed by atoms with Crippen molar-refractivity contribution in [1.82, 2.24) is 4.98 Å². The Hall–Kier alpha value is -2.85. The summed E-state index contributed by atoms with van der Waals surface area (Å²) in [6.45, 7) is 0. The lowest BCUT2D eigenvalue weighted by molar-refractivity contribution is -0.115. The molecule has 0 aliphatic rings. The largest absolute Gasteiger partial charge is 0.354 e. The number of para-hydroxylation sites is 1. The molecule has 1 heterocycles. The number of nitrogens with zero attached hydrogens (tertiary/aromatic N) is 1. The first-order valence-electron chi connectivity index (χ1n) is 7.51.